The summed E-state index contributed by atoms with van der Waals surface area (Å²) >= 11 is 0. The highest BCUT2D eigenvalue weighted by molar-refractivity contribution is 6.05. The molecular weight excluding hydrogens is 1300 g/mol. The summed E-state index contributed by atoms with van der Waals surface area (Å²) in [7, 11) is 6.61. The first-order chi connectivity index (χ1) is 50.8. The van der Waals surface area contributed by atoms with E-state index in [9.17, 15) is 0 Å². The van der Waals surface area contributed by atoms with E-state index in [4.69, 9.17) is 15.0 Å². The number of fused-ring (bicyclic) bond motifs is 21. The highest BCUT2D eigenvalue weighted by Crippen LogP contribution is 2.54. The van der Waals surface area contributed by atoms with Crippen molar-refractivity contribution < 1.29 is 13.7 Å². The van der Waals surface area contributed by atoms with Crippen LogP contribution in [-0.4, -0.2) is 41.9 Å². The van der Waals surface area contributed by atoms with Crippen LogP contribution in [0.2, 0.25) is 0 Å². The van der Waals surface area contributed by atoms with E-state index in [-0.39, 0.29) is 16.6 Å². The van der Waals surface area contributed by atoms with Gasteiger partial charge in [-0.2, -0.15) is 0 Å². The van der Waals surface area contributed by atoms with Crippen molar-refractivity contribution in [1.29, 1.82) is 0 Å². The van der Waals surface area contributed by atoms with E-state index < -0.39 is 0 Å². The van der Waals surface area contributed by atoms with Crippen LogP contribution in [0.5, 0.6) is 0 Å². The van der Waals surface area contributed by atoms with Crippen LogP contribution in [0, 0.1) is 69.2 Å². The third kappa shape index (κ3) is 8.52. The predicted molar refractivity (Wildman–Crippen MR) is 433 cm³/mol. The fraction of sp³-hybridized carbons (Fsp3) is 0.234. The molecule has 18 aromatic rings. The highest BCUT2D eigenvalue weighted by Gasteiger charge is 2.48. The molecule has 0 saturated heterocycles. The lowest BCUT2D eigenvalue weighted by molar-refractivity contribution is -0.661. The van der Waals surface area contributed by atoms with Crippen LogP contribution in [0.15, 0.2) is 195 Å². The number of pyridine rings is 3. The molecule has 12 heterocycles. The van der Waals surface area contributed by atoms with Gasteiger partial charge < -0.3 is 0 Å². The predicted octanol–water partition coefficient (Wildman–Crippen LogP) is 20.2. The summed E-state index contributed by atoms with van der Waals surface area (Å²) in [5.74, 6) is 3.02. The molecule has 0 fully saturated rings. The zero-order valence-electron chi connectivity index (χ0n) is 64.3. The standard InChI is InChI=1S/2C32H31N4.C30H27N4/c1-18-11-10-12-19(2)26(18)22-17-34(7)30-27-20(3)15-16-25-29(27)36(32(5,6)28(30)21(22)4)31-33-23-13-8-9-14-24(23)35(25)31;1-18-11-10-12-19(2)25(18)26-21(4)17-34(7)30-27-20(3)15-16-24-29(27)36(32(5,6)28(26)30)31-33-22-13-8-9-14-23(22)35(24)31;1-18-15-16-24-27-25(18)28-26(19(2)21(17-32(28)5)20-11-7-6-8-12-20)30(3,4)34(27)29-31-22-13-9-10-14-23(22)33(24)29/h2*8-17H,1-7H3;6-17H,1-5H3/q3*+1. The third-order valence-corrected chi connectivity index (χ3v) is 24.5. The Morgan fingerprint density at radius 1 is 0.274 bits per heavy atom. The second kappa shape index (κ2) is 22.4. The molecule has 3 aliphatic rings. The molecule has 0 unspecified atom stereocenters. The topological polar surface area (TPSA) is 78.3 Å². The Labute approximate surface area is 618 Å². The van der Waals surface area contributed by atoms with Crippen LogP contribution in [0.25, 0.3) is 151 Å². The Bertz CT molecular complexity index is 6900. The van der Waals surface area contributed by atoms with Gasteiger partial charge in [-0.05, 0) is 232 Å². The number of para-hydroxylation sites is 6. The molecule has 0 N–H and O–H groups in total. The highest BCUT2D eigenvalue weighted by atomic mass is 15.3. The van der Waals surface area contributed by atoms with Gasteiger partial charge in [0, 0.05) is 22.3 Å². The van der Waals surface area contributed by atoms with Crippen molar-refractivity contribution in [2.24, 2.45) is 21.1 Å². The average Bonchev–Trinajstić information content (AvgIpc) is 1.50. The van der Waals surface area contributed by atoms with Crippen molar-refractivity contribution in [3.63, 3.8) is 0 Å². The molecule has 21 rings (SSSR count). The van der Waals surface area contributed by atoms with Crippen molar-refractivity contribution in [3.8, 4) is 67.2 Å². The number of hydrogen-bond acceptors (Lipinski definition) is 3. The Balaban J connectivity index is 0.000000109. The maximum atomic E-state index is 5.20. The summed E-state index contributed by atoms with van der Waals surface area (Å²) in [6.07, 6.45) is 6.96. The van der Waals surface area contributed by atoms with E-state index in [0.29, 0.717) is 0 Å². The third-order valence-electron chi connectivity index (χ3n) is 24.5. The monoisotopic (exact) mass is 1390 g/mol. The first-order valence-corrected chi connectivity index (χ1v) is 37.4. The molecule has 12 heteroatoms. The molecule has 106 heavy (non-hydrogen) atoms. The summed E-state index contributed by atoms with van der Waals surface area (Å²) in [4.78, 5) is 15.5. The Morgan fingerprint density at radius 2 is 0.594 bits per heavy atom. The van der Waals surface area contributed by atoms with Gasteiger partial charge in [0.25, 0.3) is 0 Å². The molecule has 0 saturated carbocycles. The molecule has 0 atom stereocenters. The van der Waals surface area contributed by atoms with E-state index in [1.54, 1.807) is 0 Å². The zero-order chi connectivity index (χ0) is 73.5. The smallest absolute Gasteiger partial charge is 0.220 e. The molecular formula is C94H89N12+3. The minimum absolute atomic E-state index is 0.285. The molecule has 3 aliphatic heterocycles. The van der Waals surface area contributed by atoms with Crippen LogP contribution in [-0.2, 0) is 37.8 Å². The minimum Gasteiger partial charge on any atom is -0.299 e. The minimum atomic E-state index is -0.325. The number of imidazole rings is 6. The summed E-state index contributed by atoms with van der Waals surface area (Å²) in [6, 6.07) is 63.0. The quantitative estimate of drug-likeness (QED) is 0.165. The lowest BCUT2D eigenvalue weighted by Crippen LogP contribution is -2.41. The van der Waals surface area contributed by atoms with E-state index >= 15 is 0 Å². The maximum absolute atomic E-state index is 5.20. The average molecular weight is 1390 g/mol. The molecule has 0 amide bonds. The van der Waals surface area contributed by atoms with E-state index in [1.807, 2.05) is 0 Å². The first kappa shape index (κ1) is 65.0. The van der Waals surface area contributed by atoms with Crippen LogP contribution >= 0.6 is 0 Å². The van der Waals surface area contributed by atoms with E-state index in [1.165, 1.54) is 173 Å². The van der Waals surface area contributed by atoms with Crippen LogP contribution < -0.4 is 13.7 Å². The van der Waals surface area contributed by atoms with Crippen molar-refractivity contribution in [2.75, 3.05) is 0 Å². The van der Waals surface area contributed by atoms with Crippen LogP contribution in [0.1, 0.15) is 114 Å². The summed E-state index contributed by atoms with van der Waals surface area (Å²) < 4.78 is 21.6. The molecule has 0 radical (unpaired) electrons. The molecule has 9 aromatic heterocycles. The second-order valence-corrected chi connectivity index (χ2v) is 32.2. The van der Waals surface area contributed by atoms with Gasteiger partial charge in [0.1, 0.15) is 21.1 Å². The van der Waals surface area contributed by atoms with Crippen LogP contribution in [0.3, 0.4) is 0 Å². The molecule has 0 spiro atoms. The summed E-state index contributed by atoms with van der Waals surface area (Å²) in [5, 5.41) is 0. The van der Waals surface area contributed by atoms with Crippen LogP contribution in [0.4, 0.5) is 0 Å². The Morgan fingerprint density at radius 3 is 1.00 bits per heavy atom. The molecule has 0 bridgehead atoms. The SMILES string of the molecule is Cc1ccc2c3c1-c1c(c(C)c(-c4ccccc4)c[n+]1C)C(C)(C)n3c1nc3ccccc3n21.Cc1cccc(C)c1-c1c(C)c[n+](C)c2c1C(C)(C)n1c3c-2c(C)ccc3n2c3ccccc3nc12.Cc1cccc(C)c1-c1c[n+](C)c2c(c1C)C(C)(C)n1c3c-2c(C)ccc3n2c3ccccc3nc12. The van der Waals surface area contributed by atoms with Crippen molar-refractivity contribution in [1.82, 2.24) is 41.9 Å². The first-order valence-electron chi connectivity index (χ1n) is 37.4. The Hall–Kier alpha value is -11.8. The lowest BCUT2D eigenvalue weighted by atomic mass is 9.77. The molecule has 0 aliphatic carbocycles. The van der Waals surface area contributed by atoms with Gasteiger partial charge in [0.15, 0.2) is 18.6 Å². The summed E-state index contributed by atoms with van der Waals surface area (Å²) in [5.41, 5.74) is 46.1. The van der Waals surface area contributed by atoms with Gasteiger partial charge in [0.05, 0.1) is 116 Å². The largest absolute Gasteiger partial charge is 0.299 e. The lowest BCUT2D eigenvalue weighted by Gasteiger charge is -2.36. The summed E-state index contributed by atoms with van der Waals surface area (Å²) in [6.45, 7) is 36.6. The number of aryl methyl sites for hydroxylation is 11. The number of hydrogen-bond donors (Lipinski definition) is 0. The van der Waals surface area contributed by atoms with Crippen molar-refractivity contribution in [3.05, 3.63) is 267 Å². The van der Waals surface area contributed by atoms with E-state index in [2.05, 4.69) is 367 Å². The molecule has 12 nitrogen and oxygen atoms in total. The fourth-order valence-corrected chi connectivity index (χ4v) is 20.1. The Kier molecular flexibility index (Phi) is 13.7. The molecule has 522 valence electrons. The zero-order valence-corrected chi connectivity index (χ0v) is 64.3. The van der Waals surface area contributed by atoms with Gasteiger partial charge in [-0.15, -0.1) is 0 Å². The number of aromatic nitrogens is 12. The van der Waals surface area contributed by atoms with Gasteiger partial charge in [-0.25, -0.2) is 28.7 Å². The van der Waals surface area contributed by atoms with Crippen molar-refractivity contribution in [2.45, 2.75) is 127 Å². The number of nitrogens with zero attached hydrogens (tertiary/aromatic N) is 12. The maximum Gasteiger partial charge on any atom is 0.220 e. The normalized spacial score (nSPS) is 14.2. The number of benzene rings is 9. The number of rotatable bonds is 3. The van der Waals surface area contributed by atoms with Gasteiger partial charge in [-0.1, -0.05) is 121 Å². The van der Waals surface area contributed by atoms with E-state index in [0.717, 1.165) is 50.4 Å². The van der Waals surface area contributed by atoms with Gasteiger partial charge in [0.2, 0.25) is 34.4 Å². The molecule has 9 aromatic carbocycles. The van der Waals surface area contributed by atoms with Gasteiger partial charge in [-0.3, -0.25) is 26.9 Å². The second-order valence-electron chi connectivity index (χ2n) is 32.2. The van der Waals surface area contributed by atoms with Crippen molar-refractivity contribution >= 4 is 83.5 Å². The van der Waals surface area contributed by atoms with Gasteiger partial charge >= 0.3 is 0 Å². The fourth-order valence-electron chi connectivity index (χ4n) is 20.1.